The Hall–Kier alpha value is -1.73. The van der Waals surface area contributed by atoms with Crippen molar-refractivity contribution in [2.45, 2.75) is 18.3 Å². The Morgan fingerprint density at radius 3 is 2.37 bits per heavy atom. The van der Waals surface area contributed by atoms with Gasteiger partial charge >= 0.3 is 0 Å². The van der Waals surface area contributed by atoms with Crippen LogP contribution in [-0.2, 0) is 10.2 Å². The van der Waals surface area contributed by atoms with E-state index in [9.17, 15) is 5.26 Å². The number of fused-ring (bicyclic) bond motifs is 1. The molecule has 0 radical (unpaired) electrons. The second kappa shape index (κ2) is 3.64. The fraction of sp³-hybridized carbons (Fsp3) is 0.533. The maximum absolute atomic E-state index is 9.50. The van der Waals surface area contributed by atoms with Crippen molar-refractivity contribution >= 4 is 0 Å². The minimum atomic E-state index is -0.227. The summed E-state index contributed by atoms with van der Waals surface area (Å²) in [6.45, 7) is 2.46. The maximum atomic E-state index is 9.50. The third-order valence-corrected chi connectivity index (χ3v) is 4.67. The molecule has 2 heterocycles. The minimum Gasteiger partial charge on any atom is -0.486 e. The van der Waals surface area contributed by atoms with Crippen molar-refractivity contribution in [1.82, 2.24) is 0 Å². The van der Waals surface area contributed by atoms with Gasteiger partial charge in [-0.1, -0.05) is 6.07 Å². The molecule has 1 aromatic rings. The highest BCUT2D eigenvalue weighted by Gasteiger charge is 2.64. The van der Waals surface area contributed by atoms with E-state index in [1.807, 2.05) is 12.1 Å². The highest BCUT2D eigenvalue weighted by atomic mass is 16.6. The lowest BCUT2D eigenvalue weighted by molar-refractivity contribution is -0.0868. The van der Waals surface area contributed by atoms with E-state index in [1.54, 1.807) is 0 Å². The monoisotopic (exact) mass is 257 g/mol. The highest BCUT2D eigenvalue weighted by Crippen LogP contribution is 2.62. The average Bonchev–Trinajstić information content (AvgIpc) is 3.19. The van der Waals surface area contributed by atoms with Gasteiger partial charge in [-0.15, -0.1) is 0 Å². The molecule has 1 aliphatic carbocycles. The quantitative estimate of drug-likeness (QED) is 0.813. The molecule has 4 nitrogen and oxygen atoms in total. The van der Waals surface area contributed by atoms with Crippen LogP contribution in [0.15, 0.2) is 18.2 Å². The smallest absolute Gasteiger partial charge is 0.161 e. The number of rotatable bonds is 2. The van der Waals surface area contributed by atoms with E-state index in [0.29, 0.717) is 26.4 Å². The zero-order valence-electron chi connectivity index (χ0n) is 10.6. The number of hydrogen-bond acceptors (Lipinski definition) is 4. The van der Waals surface area contributed by atoms with Crippen LogP contribution >= 0.6 is 0 Å². The minimum absolute atomic E-state index is 0.141. The molecule has 0 spiro atoms. The number of nitriles is 1. The first-order valence-corrected chi connectivity index (χ1v) is 6.69. The van der Waals surface area contributed by atoms with E-state index in [2.05, 4.69) is 12.1 Å². The Labute approximate surface area is 111 Å². The summed E-state index contributed by atoms with van der Waals surface area (Å²) in [5.74, 6) is 1.59. The largest absolute Gasteiger partial charge is 0.486 e. The van der Waals surface area contributed by atoms with Crippen LogP contribution in [0.4, 0.5) is 0 Å². The first-order valence-electron chi connectivity index (χ1n) is 6.69. The molecule has 0 atom stereocenters. The summed E-state index contributed by atoms with van der Waals surface area (Å²) in [5, 5.41) is 9.50. The third-order valence-electron chi connectivity index (χ3n) is 4.67. The molecule has 0 bridgehead atoms. The molecule has 3 aliphatic rings. The lowest BCUT2D eigenvalue weighted by Crippen LogP contribution is -2.53. The molecular formula is C15H15NO3. The SMILES string of the molecule is N#CC1(C2(c3ccc4c(c3)OCCO4)COC2)CC1. The van der Waals surface area contributed by atoms with E-state index in [4.69, 9.17) is 14.2 Å². The zero-order chi connectivity index (χ0) is 12.9. The van der Waals surface area contributed by atoms with Gasteiger partial charge in [0, 0.05) is 0 Å². The van der Waals surface area contributed by atoms with E-state index in [-0.39, 0.29) is 10.8 Å². The van der Waals surface area contributed by atoms with Crippen molar-refractivity contribution < 1.29 is 14.2 Å². The van der Waals surface area contributed by atoms with Crippen molar-refractivity contribution in [2.75, 3.05) is 26.4 Å². The summed E-state index contributed by atoms with van der Waals surface area (Å²) in [6, 6.07) is 8.58. The van der Waals surface area contributed by atoms with Gasteiger partial charge in [-0.3, -0.25) is 0 Å². The van der Waals surface area contributed by atoms with E-state index < -0.39 is 0 Å². The van der Waals surface area contributed by atoms with Crippen molar-refractivity contribution in [3.8, 4) is 17.6 Å². The van der Waals surface area contributed by atoms with Gasteiger partial charge in [0.1, 0.15) is 13.2 Å². The molecule has 0 aromatic heterocycles. The Balaban J connectivity index is 1.77. The van der Waals surface area contributed by atoms with Gasteiger partial charge in [0.05, 0.1) is 30.1 Å². The summed E-state index contributed by atoms with van der Waals surface area (Å²) in [6.07, 6.45) is 1.95. The molecule has 0 N–H and O–H groups in total. The first-order chi connectivity index (χ1) is 9.30. The topological polar surface area (TPSA) is 51.5 Å². The van der Waals surface area contributed by atoms with Crippen molar-refractivity contribution in [1.29, 1.82) is 5.26 Å². The van der Waals surface area contributed by atoms with Crippen LogP contribution in [0, 0.1) is 16.7 Å². The molecule has 4 rings (SSSR count). The van der Waals surface area contributed by atoms with Gasteiger partial charge in [0.25, 0.3) is 0 Å². The fourth-order valence-corrected chi connectivity index (χ4v) is 3.19. The fourth-order valence-electron chi connectivity index (χ4n) is 3.19. The summed E-state index contributed by atoms with van der Waals surface area (Å²) < 4.78 is 16.6. The van der Waals surface area contributed by atoms with Crippen LogP contribution in [0.5, 0.6) is 11.5 Å². The zero-order valence-corrected chi connectivity index (χ0v) is 10.6. The lowest BCUT2D eigenvalue weighted by Gasteiger charge is -2.46. The van der Waals surface area contributed by atoms with Gasteiger partial charge in [-0.05, 0) is 30.5 Å². The van der Waals surface area contributed by atoms with E-state index in [0.717, 1.165) is 29.9 Å². The number of ether oxygens (including phenoxy) is 3. The molecule has 1 aromatic carbocycles. The third kappa shape index (κ3) is 1.36. The van der Waals surface area contributed by atoms with Crippen LogP contribution in [0.1, 0.15) is 18.4 Å². The summed E-state index contributed by atoms with van der Waals surface area (Å²) >= 11 is 0. The second-order valence-electron chi connectivity index (χ2n) is 5.63. The molecule has 4 heteroatoms. The molecule has 0 unspecified atom stereocenters. The van der Waals surface area contributed by atoms with Gasteiger partial charge < -0.3 is 14.2 Å². The van der Waals surface area contributed by atoms with Crippen LogP contribution in [0.3, 0.4) is 0 Å². The van der Waals surface area contributed by atoms with Gasteiger partial charge in [0.15, 0.2) is 11.5 Å². The molecule has 0 amide bonds. The molecule has 19 heavy (non-hydrogen) atoms. The Bertz CT molecular complexity index is 567. The molecule has 2 fully saturated rings. The molecule has 98 valence electrons. The predicted octanol–water partition coefficient (Wildman–Crippen LogP) is 2.03. The van der Waals surface area contributed by atoms with Crippen molar-refractivity contribution in [3.63, 3.8) is 0 Å². The Morgan fingerprint density at radius 1 is 1.05 bits per heavy atom. The maximum Gasteiger partial charge on any atom is 0.161 e. The van der Waals surface area contributed by atoms with Crippen LogP contribution in [-0.4, -0.2) is 26.4 Å². The lowest BCUT2D eigenvalue weighted by atomic mass is 9.66. The van der Waals surface area contributed by atoms with E-state index in [1.165, 1.54) is 0 Å². The molecule has 1 saturated carbocycles. The number of nitrogens with zero attached hydrogens (tertiary/aromatic N) is 1. The molecule has 1 saturated heterocycles. The number of hydrogen-bond donors (Lipinski definition) is 0. The second-order valence-corrected chi connectivity index (χ2v) is 5.63. The Morgan fingerprint density at radius 2 is 1.79 bits per heavy atom. The van der Waals surface area contributed by atoms with Crippen LogP contribution < -0.4 is 9.47 Å². The summed E-state index contributed by atoms with van der Waals surface area (Å²) in [5.41, 5.74) is 0.786. The summed E-state index contributed by atoms with van der Waals surface area (Å²) in [4.78, 5) is 0. The van der Waals surface area contributed by atoms with Crippen molar-refractivity contribution in [2.24, 2.45) is 5.41 Å². The van der Waals surface area contributed by atoms with Crippen LogP contribution in [0.25, 0.3) is 0 Å². The molecular weight excluding hydrogens is 242 g/mol. The van der Waals surface area contributed by atoms with Gasteiger partial charge in [0.2, 0.25) is 0 Å². The number of benzene rings is 1. The van der Waals surface area contributed by atoms with Crippen molar-refractivity contribution in [3.05, 3.63) is 23.8 Å². The van der Waals surface area contributed by atoms with Gasteiger partial charge in [-0.2, -0.15) is 5.26 Å². The van der Waals surface area contributed by atoms with Gasteiger partial charge in [-0.25, -0.2) is 0 Å². The normalized spacial score (nSPS) is 25.0. The average molecular weight is 257 g/mol. The highest BCUT2D eigenvalue weighted by molar-refractivity contribution is 5.49. The summed E-state index contributed by atoms with van der Waals surface area (Å²) in [7, 11) is 0. The molecule has 2 aliphatic heterocycles. The first kappa shape index (κ1) is 11.1. The standard InChI is InChI=1S/C15H15NO3/c16-8-14(3-4-14)15(9-17-10-15)11-1-2-12-13(7-11)19-6-5-18-12/h1-2,7H,3-6,9-10H2. The Kier molecular flexibility index (Phi) is 2.13. The predicted molar refractivity (Wildman–Crippen MR) is 67.2 cm³/mol. The van der Waals surface area contributed by atoms with E-state index >= 15 is 0 Å². The van der Waals surface area contributed by atoms with Crippen LogP contribution in [0.2, 0.25) is 0 Å².